The van der Waals surface area contributed by atoms with E-state index in [0.29, 0.717) is 13.1 Å². The van der Waals surface area contributed by atoms with Gasteiger partial charge in [-0.2, -0.15) is 0 Å². The molecule has 0 radical (unpaired) electrons. The first kappa shape index (κ1) is 15.9. The Balaban J connectivity index is 2.00. The largest absolute Gasteiger partial charge is 0.339 e. The fourth-order valence-electron chi connectivity index (χ4n) is 2.15. The number of aryl methyl sites for hydroxylation is 2. The number of sulfonamides is 1. The molecule has 1 aromatic carbocycles. The van der Waals surface area contributed by atoms with Crippen molar-refractivity contribution in [3.63, 3.8) is 0 Å². The Morgan fingerprint density at radius 3 is 2.52 bits per heavy atom. The first-order valence-corrected chi connectivity index (χ1v) is 8.44. The molecule has 1 aliphatic rings. The highest BCUT2D eigenvalue weighted by atomic mass is 32.2. The van der Waals surface area contributed by atoms with E-state index in [2.05, 4.69) is 10.0 Å². The summed E-state index contributed by atoms with van der Waals surface area (Å²) in [4.78, 5) is 13.8. The van der Waals surface area contributed by atoms with Gasteiger partial charge in [-0.25, -0.2) is 13.1 Å². The average Bonchev–Trinajstić information content (AvgIpc) is 2.48. The maximum Gasteiger partial charge on any atom is 0.241 e. The summed E-state index contributed by atoms with van der Waals surface area (Å²) in [5, 5.41) is 3.15. The van der Waals surface area contributed by atoms with Crippen molar-refractivity contribution in [2.75, 3.05) is 32.7 Å². The molecule has 1 aliphatic heterocycles. The Labute approximate surface area is 125 Å². The molecule has 0 aromatic heterocycles. The highest BCUT2D eigenvalue weighted by Gasteiger charge is 2.20. The van der Waals surface area contributed by atoms with Gasteiger partial charge < -0.3 is 10.2 Å². The predicted octanol–water partition coefficient (Wildman–Crippen LogP) is 0.0135. The van der Waals surface area contributed by atoms with Crippen molar-refractivity contribution in [2.45, 2.75) is 18.7 Å². The van der Waals surface area contributed by atoms with Crippen molar-refractivity contribution >= 4 is 15.9 Å². The van der Waals surface area contributed by atoms with Gasteiger partial charge in [0.2, 0.25) is 15.9 Å². The summed E-state index contributed by atoms with van der Waals surface area (Å²) in [5.41, 5.74) is 1.94. The molecule has 1 amide bonds. The fourth-order valence-corrected chi connectivity index (χ4v) is 3.21. The van der Waals surface area contributed by atoms with Gasteiger partial charge in [-0.05, 0) is 37.1 Å². The van der Waals surface area contributed by atoms with Crippen LogP contribution in [0.3, 0.4) is 0 Å². The van der Waals surface area contributed by atoms with E-state index >= 15 is 0 Å². The van der Waals surface area contributed by atoms with Crippen molar-refractivity contribution < 1.29 is 13.2 Å². The number of nitrogens with zero attached hydrogens (tertiary/aromatic N) is 1. The average molecular weight is 311 g/mol. The van der Waals surface area contributed by atoms with Gasteiger partial charge in [0.25, 0.3) is 0 Å². The highest BCUT2D eigenvalue weighted by molar-refractivity contribution is 7.89. The van der Waals surface area contributed by atoms with Gasteiger partial charge >= 0.3 is 0 Å². The number of nitrogens with one attached hydrogen (secondary N) is 2. The van der Waals surface area contributed by atoms with Crippen molar-refractivity contribution in [2.24, 2.45) is 0 Å². The summed E-state index contributed by atoms with van der Waals surface area (Å²) in [7, 11) is -3.65. The molecule has 6 nitrogen and oxygen atoms in total. The number of rotatable bonds is 4. The number of carbonyl (C=O) groups is 1. The first-order valence-electron chi connectivity index (χ1n) is 6.95. The molecular formula is C14H21N3O3S. The van der Waals surface area contributed by atoms with Crippen LogP contribution in [0, 0.1) is 13.8 Å². The Morgan fingerprint density at radius 1 is 1.24 bits per heavy atom. The third kappa shape index (κ3) is 4.03. The summed E-state index contributed by atoms with van der Waals surface area (Å²) in [6, 6.07) is 4.94. The van der Waals surface area contributed by atoms with Gasteiger partial charge in [0.1, 0.15) is 0 Å². The van der Waals surface area contributed by atoms with E-state index in [9.17, 15) is 13.2 Å². The molecule has 0 aliphatic carbocycles. The normalized spacial score (nSPS) is 16.0. The van der Waals surface area contributed by atoms with Crippen LogP contribution in [0.15, 0.2) is 23.1 Å². The lowest BCUT2D eigenvalue weighted by Gasteiger charge is -2.27. The third-order valence-corrected chi connectivity index (χ3v) is 5.07. The van der Waals surface area contributed by atoms with Crippen LogP contribution in [0.25, 0.3) is 0 Å². The van der Waals surface area contributed by atoms with Gasteiger partial charge in [0.15, 0.2) is 0 Å². The summed E-state index contributed by atoms with van der Waals surface area (Å²) in [5.74, 6) is -0.191. The molecule has 21 heavy (non-hydrogen) atoms. The van der Waals surface area contributed by atoms with Gasteiger partial charge in [-0.15, -0.1) is 0 Å². The maximum absolute atomic E-state index is 12.2. The molecule has 2 rings (SSSR count). The molecule has 7 heteroatoms. The molecular weight excluding hydrogens is 290 g/mol. The number of carbonyl (C=O) groups excluding carboxylic acids is 1. The SMILES string of the molecule is Cc1ccc(S(=O)(=O)NCC(=O)N2CCNCC2)cc1C. The fraction of sp³-hybridized carbons (Fsp3) is 0.500. The maximum atomic E-state index is 12.2. The minimum Gasteiger partial charge on any atom is -0.339 e. The van der Waals surface area contributed by atoms with Gasteiger partial charge in [-0.1, -0.05) is 6.07 Å². The molecule has 1 fully saturated rings. The summed E-state index contributed by atoms with van der Waals surface area (Å²) in [6.45, 7) is 6.31. The molecule has 2 N–H and O–H groups in total. The number of piperazine rings is 1. The Morgan fingerprint density at radius 2 is 1.90 bits per heavy atom. The summed E-state index contributed by atoms with van der Waals surface area (Å²) >= 11 is 0. The van der Waals surface area contributed by atoms with Crippen LogP contribution < -0.4 is 10.0 Å². The lowest BCUT2D eigenvalue weighted by molar-refractivity contribution is -0.130. The van der Waals surface area contributed by atoms with E-state index in [-0.39, 0.29) is 17.3 Å². The number of benzene rings is 1. The molecule has 0 bridgehead atoms. The summed E-state index contributed by atoms with van der Waals surface area (Å²) < 4.78 is 26.8. The van der Waals surface area contributed by atoms with Crippen LogP contribution in [-0.2, 0) is 14.8 Å². The number of amides is 1. The standard InChI is InChI=1S/C14H21N3O3S/c1-11-3-4-13(9-12(11)2)21(19,20)16-10-14(18)17-7-5-15-6-8-17/h3-4,9,15-16H,5-8,10H2,1-2H3. The molecule has 0 saturated carbocycles. The summed E-state index contributed by atoms with van der Waals surface area (Å²) in [6.07, 6.45) is 0. The van der Waals surface area contributed by atoms with Gasteiger partial charge in [0.05, 0.1) is 11.4 Å². The molecule has 0 unspecified atom stereocenters. The van der Waals surface area contributed by atoms with E-state index in [1.807, 2.05) is 13.8 Å². The van der Waals surface area contributed by atoms with Gasteiger partial charge in [0, 0.05) is 26.2 Å². The number of hydrogen-bond acceptors (Lipinski definition) is 4. The van der Waals surface area contributed by atoms with Crippen LogP contribution in [0.4, 0.5) is 0 Å². The Bertz CT molecular complexity index is 622. The lowest BCUT2D eigenvalue weighted by atomic mass is 10.1. The Kier molecular flexibility index (Phi) is 4.97. The minimum atomic E-state index is -3.65. The second-order valence-electron chi connectivity index (χ2n) is 5.20. The zero-order chi connectivity index (χ0) is 15.5. The van der Waals surface area contributed by atoms with Crippen LogP contribution in [0.1, 0.15) is 11.1 Å². The van der Waals surface area contributed by atoms with Crippen LogP contribution in [0.2, 0.25) is 0 Å². The van der Waals surface area contributed by atoms with E-state index in [1.165, 1.54) is 0 Å². The van der Waals surface area contributed by atoms with E-state index in [1.54, 1.807) is 23.1 Å². The molecule has 1 aromatic rings. The minimum absolute atomic E-state index is 0.191. The molecule has 0 atom stereocenters. The highest BCUT2D eigenvalue weighted by Crippen LogP contribution is 2.14. The van der Waals surface area contributed by atoms with Crippen LogP contribution in [0.5, 0.6) is 0 Å². The molecule has 1 saturated heterocycles. The molecule has 1 heterocycles. The second kappa shape index (κ2) is 6.55. The lowest BCUT2D eigenvalue weighted by Crippen LogP contribution is -2.49. The third-order valence-electron chi connectivity index (χ3n) is 3.67. The number of hydrogen-bond donors (Lipinski definition) is 2. The molecule has 116 valence electrons. The van der Waals surface area contributed by atoms with Gasteiger partial charge in [-0.3, -0.25) is 4.79 Å². The zero-order valence-corrected chi connectivity index (χ0v) is 13.2. The Hall–Kier alpha value is -1.44. The quantitative estimate of drug-likeness (QED) is 0.821. The first-order chi connectivity index (χ1) is 9.90. The van der Waals surface area contributed by atoms with E-state index < -0.39 is 10.0 Å². The molecule has 0 spiro atoms. The van der Waals surface area contributed by atoms with E-state index in [0.717, 1.165) is 24.2 Å². The van der Waals surface area contributed by atoms with Crippen LogP contribution in [-0.4, -0.2) is 51.9 Å². The van der Waals surface area contributed by atoms with E-state index in [4.69, 9.17) is 0 Å². The monoisotopic (exact) mass is 311 g/mol. The predicted molar refractivity (Wildman–Crippen MR) is 80.6 cm³/mol. The van der Waals surface area contributed by atoms with Crippen LogP contribution >= 0.6 is 0 Å². The topological polar surface area (TPSA) is 78.5 Å². The second-order valence-corrected chi connectivity index (χ2v) is 6.97. The van der Waals surface area contributed by atoms with Crippen molar-refractivity contribution in [1.29, 1.82) is 0 Å². The van der Waals surface area contributed by atoms with Crippen molar-refractivity contribution in [1.82, 2.24) is 14.9 Å². The van der Waals surface area contributed by atoms with Crippen molar-refractivity contribution in [3.05, 3.63) is 29.3 Å². The zero-order valence-electron chi connectivity index (χ0n) is 12.3. The van der Waals surface area contributed by atoms with Crippen molar-refractivity contribution in [3.8, 4) is 0 Å². The smallest absolute Gasteiger partial charge is 0.241 e.